The van der Waals surface area contributed by atoms with Gasteiger partial charge in [-0.05, 0) is 38.0 Å². The van der Waals surface area contributed by atoms with Gasteiger partial charge in [-0.2, -0.15) is 0 Å². The third-order valence-corrected chi connectivity index (χ3v) is 4.97. The molecular weight excluding hydrogens is 302 g/mol. The van der Waals surface area contributed by atoms with Crippen LogP contribution in [0.4, 0.5) is 0 Å². The Kier molecular flexibility index (Phi) is 9.51. The molecule has 140 valence electrons. The average Bonchev–Trinajstić information content (AvgIpc) is 3.25. The SMILES string of the molecule is CCNC(=NCC(O)COCC1CC1)NCCCCC1CCCC1. The van der Waals surface area contributed by atoms with Gasteiger partial charge in [0, 0.05) is 19.7 Å². The van der Waals surface area contributed by atoms with Gasteiger partial charge in [-0.25, -0.2) is 0 Å². The molecule has 0 aromatic heterocycles. The maximum absolute atomic E-state index is 9.94. The number of hydrogen-bond acceptors (Lipinski definition) is 3. The summed E-state index contributed by atoms with van der Waals surface area (Å²) >= 11 is 0. The second kappa shape index (κ2) is 11.7. The number of nitrogens with zero attached hydrogens (tertiary/aromatic N) is 1. The number of hydrogen-bond donors (Lipinski definition) is 3. The van der Waals surface area contributed by atoms with Crippen molar-refractivity contribution < 1.29 is 9.84 Å². The number of guanidine groups is 1. The molecule has 2 aliphatic rings. The Morgan fingerprint density at radius 1 is 1.12 bits per heavy atom. The predicted octanol–water partition coefficient (Wildman–Crippen LogP) is 2.69. The van der Waals surface area contributed by atoms with E-state index in [0.717, 1.165) is 37.5 Å². The van der Waals surface area contributed by atoms with Gasteiger partial charge in [0.25, 0.3) is 0 Å². The summed E-state index contributed by atoms with van der Waals surface area (Å²) in [6.07, 6.45) is 11.7. The van der Waals surface area contributed by atoms with Gasteiger partial charge in [0.1, 0.15) is 0 Å². The van der Waals surface area contributed by atoms with E-state index < -0.39 is 6.10 Å². The number of aliphatic hydroxyl groups is 1. The van der Waals surface area contributed by atoms with Gasteiger partial charge in [0.2, 0.25) is 0 Å². The van der Waals surface area contributed by atoms with Crippen LogP contribution < -0.4 is 10.6 Å². The van der Waals surface area contributed by atoms with Crippen molar-refractivity contribution in [1.29, 1.82) is 0 Å². The highest BCUT2D eigenvalue weighted by Crippen LogP contribution is 2.29. The van der Waals surface area contributed by atoms with Gasteiger partial charge in [0.15, 0.2) is 5.96 Å². The Bertz CT molecular complexity index is 353. The van der Waals surface area contributed by atoms with Gasteiger partial charge in [-0.1, -0.05) is 38.5 Å². The number of rotatable bonds is 12. The largest absolute Gasteiger partial charge is 0.389 e. The number of aliphatic hydroxyl groups excluding tert-OH is 1. The summed E-state index contributed by atoms with van der Waals surface area (Å²) in [5, 5.41) is 16.6. The summed E-state index contributed by atoms with van der Waals surface area (Å²) in [6, 6.07) is 0. The number of unbranched alkanes of at least 4 members (excludes halogenated alkanes) is 1. The molecule has 2 rings (SSSR count). The Morgan fingerprint density at radius 2 is 1.92 bits per heavy atom. The minimum absolute atomic E-state index is 0.390. The Morgan fingerprint density at radius 3 is 2.62 bits per heavy atom. The van der Waals surface area contributed by atoms with E-state index in [-0.39, 0.29) is 0 Å². The van der Waals surface area contributed by atoms with Crippen molar-refractivity contribution in [2.75, 3.05) is 32.8 Å². The van der Waals surface area contributed by atoms with Crippen molar-refractivity contribution in [3.63, 3.8) is 0 Å². The van der Waals surface area contributed by atoms with E-state index in [1.165, 1.54) is 57.8 Å². The van der Waals surface area contributed by atoms with Crippen LogP contribution in [0.25, 0.3) is 0 Å². The molecular formula is C19H37N3O2. The van der Waals surface area contributed by atoms with E-state index in [2.05, 4.69) is 22.5 Å². The van der Waals surface area contributed by atoms with Gasteiger partial charge in [-0.3, -0.25) is 4.99 Å². The topological polar surface area (TPSA) is 65.9 Å². The molecule has 24 heavy (non-hydrogen) atoms. The fraction of sp³-hybridized carbons (Fsp3) is 0.947. The van der Waals surface area contributed by atoms with Crippen molar-refractivity contribution in [3.05, 3.63) is 0 Å². The third-order valence-electron chi connectivity index (χ3n) is 4.97. The van der Waals surface area contributed by atoms with E-state index in [4.69, 9.17) is 4.74 Å². The molecule has 0 bridgehead atoms. The van der Waals surface area contributed by atoms with Crippen LogP contribution in [0.5, 0.6) is 0 Å². The lowest BCUT2D eigenvalue weighted by Crippen LogP contribution is -2.38. The molecule has 0 aliphatic heterocycles. The first kappa shape index (κ1) is 19.5. The zero-order chi connectivity index (χ0) is 17.0. The number of ether oxygens (including phenoxy) is 1. The molecule has 2 saturated carbocycles. The molecule has 5 heteroatoms. The highest BCUT2D eigenvalue weighted by molar-refractivity contribution is 5.79. The van der Waals surface area contributed by atoms with Gasteiger partial charge < -0.3 is 20.5 Å². The van der Waals surface area contributed by atoms with Gasteiger partial charge in [0.05, 0.1) is 19.3 Å². The molecule has 0 aromatic rings. The Balaban J connectivity index is 1.52. The van der Waals surface area contributed by atoms with Crippen molar-refractivity contribution >= 4 is 5.96 Å². The molecule has 5 nitrogen and oxygen atoms in total. The smallest absolute Gasteiger partial charge is 0.191 e. The first-order valence-electron chi connectivity index (χ1n) is 10.1. The second-order valence-electron chi connectivity index (χ2n) is 7.43. The highest BCUT2D eigenvalue weighted by atomic mass is 16.5. The maximum Gasteiger partial charge on any atom is 0.191 e. The van der Waals surface area contributed by atoms with Crippen molar-refractivity contribution in [3.8, 4) is 0 Å². The summed E-state index contributed by atoms with van der Waals surface area (Å²) in [5.41, 5.74) is 0. The van der Waals surface area contributed by atoms with Crippen LogP contribution in [0.1, 0.15) is 64.7 Å². The summed E-state index contributed by atoms with van der Waals surface area (Å²) in [7, 11) is 0. The van der Waals surface area contributed by atoms with Crippen LogP contribution in [0.3, 0.4) is 0 Å². The van der Waals surface area contributed by atoms with Crippen LogP contribution in [-0.4, -0.2) is 50.0 Å². The van der Waals surface area contributed by atoms with Crippen LogP contribution in [-0.2, 0) is 4.74 Å². The fourth-order valence-electron chi connectivity index (χ4n) is 3.31. The summed E-state index contributed by atoms with van der Waals surface area (Å²) in [6.45, 7) is 5.42. The fourth-order valence-corrected chi connectivity index (χ4v) is 3.31. The highest BCUT2D eigenvalue weighted by Gasteiger charge is 2.21. The summed E-state index contributed by atoms with van der Waals surface area (Å²) in [5.74, 6) is 2.53. The van der Waals surface area contributed by atoms with Gasteiger partial charge in [-0.15, -0.1) is 0 Å². The molecule has 1 atom stereocenters. The van der Waals surface area contributed by atoms with E-state index in [9.17, 15) is 5.11 Å². The minimum atomic E-state index is -0.512. The Hall–Kier alpha value is -0.810. The quantitative estimate of drug-likeness (QED) is 0.291. The molecule has 0 saturated heterocycles. The lowest BCUT2D eigenvalue weighted by molar-refractivity contribution is 0.0368. The number of aliphatic imine (C=N–C) groups is 1. The molecule has 2 aliphatic carbocycles. The summed E-state index contributed by atoms with van der Waals surface area (Å²) in [4.78, 5) is 4.47. The van der Waals surface area contributed by atoms with E-state index in [1.807, 2.05) is 0 Å². The molecule has 0 spiro atoms. The van der Waals surface area contributed by atoms with Crippen molar-refractivity contribution in [1.82, 2.24) is 10.6 Å². The molecule has 0 aromatic carbocycles. The lowest BCUT2D eigenvalue weighted by atomic mass is 10.0. The predicted molar refractivity (Wildman–Crippen MR) is 99.3 cm³/mol. The molecule has 2 fully saturated rings. The second-order valence-corrected chi connectivity index (χ2v) is 7.43. The van der Waals surface area contributed by atoms with Crippen LogP contribution in [0.2, 0.25) is 0 Å². The third kappa shape index (κ3) is 8.88. The van der Waals surface area contributed by atoms with E-state index in [0.29, 0.717) is 13.2 Å². The maximum atomic E-state index is 9.94. The summed E-state index contributed by atoms with van der Waals surface area (Å²) < 4.78 is 5.51. The van der Waals surface area contributed by atoms with E-state index in [1.54, 1.807) is 0 Å². The van der Waals surface area contributed by atoms with Crippen LogP contribution in [0.15, 0.2) is 4.99 Å². The first-order chi connectivity index (χ1) is 11.8. The lowest BCUT2D eigenvalue weighted by Gasteiger charge is -2.14. The standard InChI is InChI=1S/C19H37N3O2/c1-2-20-19(21-12-6-5-9-16-7-3-4-8-16)22-13-18(23)15-24-14-17-10-11-17/h16-18,23H,2-15H2,1H3,(H2,20,21,22). The zero-order valence-electron chi connectivity index (χ0n) is 15.4. The van der Waals surface area contributed by atoms with Gasteiger partial charge >= 0.3 is 0 Å². The molecule has 1 unspecified atom stereocenters. The molecule has 0 heterocycles. The minimum Gasteiger partial charge on any atom is -0.389 e. The molecule has 3 N–H and O–H groups in total. The molecule has 0 radical (unpaired) electrons. The van der Waals surface area contributed by atoms with Crippen LogP contribution in [0, 0.1) is 11.8 Å². The monoisotopic (exact) mass is 339 g/mol. The zero-order valence-corrected chi connectivity index (χ0v) is 15.4. The molecule has 0 amide bonds. The van der Waals surface area contributed by atoms with Crippen molar-refractivity contribution in [2.45, 2.75) is 70.8 Å². The average molecular weight is 340 g/mol. The van der Waals surface area contributed by atoms with Crippen LogP contribution >= 0.6 is 0 Å². The normalized spacial score (nSPS) is 20.3. The van der Waals surface area contributed by atoms with Crippen molar-refractivity contribution in [2.24, 2.45) is 16.8 Å². The number of nitrogens with one attached hydrogen (secondary N) is 2. The first-order valence-corrected chi connectivity index (χ1v) is 10.1. The Labute approximate surface area is 147 Å². The van der Waals surface area contributed by atoms with E-state index >= 15 is 0 Å².